The molecule has 178 valence electrons. The SMILES string of the molecule is O=C(C[C@@H]1C(=O)N[C@H]2CCCC[C@@H]2N1C(=O)Nc1ccc(Cl)cc1)Nc1ccc2c(c1)OCO2. The Morgan fingerprint density at radius 2 is 1.74 bits per heavy atom. The molecule has 10 heteroatoms. The van der Waals surface area contributed by atoms with Crippen molar-refractivity contribution in [1.29, 1.82) is 0 Å². The van der Waals surface area contributed by atoms with E-state index in [0.29, 0.717) is 27.9 Å². The fourth-order valence-electron chi connectivity index (χ4n) is 4.82. The second-order valence-electron chi connectivity index (χ2n) is 8.65. The number of nitrogens with one attached hydrogen (secondary N) is 3. The fraction of sp³-hybridized carbons (Fsp3) is 0.375. The van der Waals surface area contributed by atoms with Crippen LogP contribution in [0.2, 0.25) is 5.02 Å². The number of amides is 4. The number of hydrogen-bond donors (Lipinski definition) is 3. The molecule has 1 saturated carbocycles. The molecule has 2 heterocycles. The molecule has 0 aromatic heterocycles. The van der Waals surface area contributed by atoms with Gasteiger partial charge in [0.1, 0.15) is 6.04 Å². The molecule has 2 aromatic carbocycles. The van der Waals surface area contributed by atoms with Gasteiger partial charge in [-0.3, -0.25) is 9.59 Å². The molecule has 4 amide bonds. The quantitative estimate of drug-likeness (QED) is 0.612. The number of carbonyl (C=O) groups is 3. The van der Waals surface area contributed by atoms with Crippen LogP contribution in [-0.4, -0.2) is 47.7 Å². The molecule has 0 spiro atoms. The third-order valence-electron chi connectivity index (χ3n) is 6.42. The van der Waals surface area contributed by atoms with E-state index in [1.54, 1.807) is 47.4 Å². The van der Waals surface area contributed by atoms with Gasteiger partial charge < -0.3 is 30.3 Å². The average molecular weight is 485 g/mol. The van der Waals surface area contributed by atoms with Gasteiger partial charge in [0.25, 0.3) is 0 Å². The number of anilines is 2. The second kappa shape index (κ2) is 9.42. The zero-order chi connectivity index (χ0) is 23.7. The second-order valence-corrected chi connectivity index (χ2v) is 9.08. The summed E-state index contributed by atoms with van der Waals surface area (Å²) in [5, 5.41) is 9.25. The zero-order valence-corrected chi connectivity index (χ0v) is 19.1. The molecule has 2 fully saturated rings. The minimum Gasteiger partial charge on any atom is -0.454 e. The van der Waals surface area contributed by atoms with Crippen molar-refractivity contribution in [3.8, 4) is 11.5 Å². The number of fused-ring (bicyclic) bond motifs is 2. The van der Waals surface area contributed by atoms with Crippen LogP contribution in [0.3, 0.4) is 0 Å². The minimum absolute atomic E-state index is 0.120. The molecule has 1 aliphatic carbocycles. The molecule has 0 unspecified atom stereocenters. The highest BCUT2D eigenvalue weighted by atomic mass is 35.5. The Labute approximate surface area is 201 Å². The van der Waals surface area contributed by atoms with Gasteiger partial charge in [0.05, 0.1) is 12.5 Å². The molecule has 9 nitrogen and oxygen atoms in total. The van der Waals surface area contributed by atoms with Gasteiger partial charge in [0, 0.05) is 28.5 Å². The smallest absolute Gasteiger partial charge is 0.322 e. The van der Waals surface area contributed by atoms with E-state index >= 15 is 0 Å². The lowest BCUT2D eigenvalue weighted by atomic mass is 9.85. The van der Waals surface area contributed by atoms with Crippen LogP contribution in [0, 0.1) is 0 Å². The van der Waals surface area contributed by atoms with Crippen LogP contribution in [0.15, 0.2) is 42.5 Å². The van der Waals surface area contributed by atoms with Gasteiger partial charge in [-0.2, -0.15) is 0 Å². The first-order chi connectivity index (χ1) is 16.5. The van der Waals surface area contributed by atoms with Crippen molar-refractivity contribution >= 4 is 40.8 Å². The molecule has 0 bridgehead atoms. The molecule has 3 aliphatic rings. The summed E-state index contributed by atoms with van der Waals surface area (Å²) < 4.78 is 10.6. The minimum atomic E-state index is -0.930. The molecular weight excluding hydrogens is 460 g/mol. The Balaban J connectivity index is 1.34. The van der Waals surface area contributed by atoms with E-state index in [0.717, 1.165) is 25.7 Å². The lowest BCUT2D eigenvalue weighted by Gasteiger charge is -2.47. The van der Waals surface area contributed by atoms with Crippen LogP contribution in [0.25, 0.3) is 0 Å². The topological polar surface area (TPSA) is 109 Å². The summed E-state index contributed by atoms with van der Waals surface area (Å²) >= 11 is 5.95. The largest absolute Gasteiger partial charge is 0.454 e. The number of rotatable bonds is 4. The van der Waals surface area contributed by atoms with Crippen LogP contribution in [0.1, 0.15) is 32.1 Å². The van der Waals surface area contributed by atoms with Gasteiger partial charge in [-0.25, -0.2) is 4.79 Å². The van der Waals surface area contributed by atoms with E-state index in [1.807, 2.05) is 0 Å². The van der Waals surface area contributed by atoms with Crippen molar-refractivity contribution in [2.45, 2.75) is 50.2 Å². The van der Waals surface area contributed by atoms with Gasteiger partial charge in [-0.05, 0) is 49.2 Å². The summed E-state index contributed by atoms with van der Waals surface area (Å²) in [5.74, 6) is 0.452. The highest BCUT2D eigenvalue weighted by Gasteiger charge is 2.46. The Morgan fingerprint density at radius 1 is 1.00 bits per heavy atom. The number of halogens is 1. The normalized spacial score (nSPS) is 23.0. The maximum absolute atomic E-state index is 13.4. The van der Waals surface area contributed by atoms with E-state index in [1.165, 1.54) is 0 Å². The maximum atomic E-state index is 13.4. The Hall–Kier alpha value is -3.46. The first-order valence-corrected chi connectivity index (χ1v) is 11.7. The summed E-state index contributed by atoms with van der Waals surface area (Å²) in [7, 11) is 0. The predicted molar refractivity (Wildman–Crippen MR) is 126 cm³/mol. The van der Waals surface area contributed by atoms with E-state index in [2.05, 4.69) is 16.0 Å². The molecule has 3 N–H and O–H groups in total. The number of hydrogen-bond acceptors (Lipinski definition) is 5. The van der Waals surface area contributed by atoms with Crippen molar-refractivity contribution < 1.29 is 23.9 Å². The van der Waals surface area contributed by atoms with Crippen molar-refractivity contribution in [1.82, 2.24) is 10.2 Å². The van der Waals surface area contributed by atoms with Crippen molar-refractivity contribution in [3.05, 3.63) is 47.5 Å². The number of benzene rings is 2. The summed E-state index contributed by atoms with van der Waals surface area (Å²) in [5.41, 5.74) is 1.09. The Morgan fingerprint density at radius 3 is 2.56 bits per heavy atom. The molecule has 34 heavy (non-hydrogen) atoms. The summed E-state index contributed by atoms with van der Waals surface area (Å²) in [4.78, 5) is 40.9. The molecule has 5 rings (SSSR count). The molecule has 1 saturated heterocycles. The molecular formula is C24H25ClN4O5. The van der Waals surface area contributed by atoms with Gasteiger partial charge in [-0.1, -0.05) is 24.4 Å². The zero-order valence-electron chi connectivity index (χ0n) is 18.4. The number of urea groups is 1. The van der Waals surface area contributed by atoms with Crippen molar-refractivity contribution in [3.63, 3.8) is 0 Å². The molecule has 2 aromatic rings. The van der Waals surface area contributed by atoms with E-state index < -0.39 is 12.1 Å². The summed E-state index contributed by atoms with van der Waals surface area (Å²) in [6.07, 6.45) is 3.34. The van der Waals surface area contributed by atoms with Gasteiger partial charge in [0.2, 0.25) is 18.6 Å². The van der Waals surface area contributed by atoms with E-state index in [-0.39, 0.29) is 37.1 Å². The van der Waals surface area contributed by atoms with Crippen LogP contribution in [0.5, 0.6) is 11.5 Å². The van der Waals surface area contributed by atoms with Crippen molar-refractivity contribution in [2.75, 3.05) is 17.4 Å². The first kappa shape index (κ1) is 22.3. The van der Waals surface area contributed by atoms with Gasteiger partial charge in [0.15, 0.2) is 11.5 Å². The number of nitrogens with zero attached hydrogens (tertiary/aromatic N) is 1. The molecule has 0 radical (unpaired) electrons. The van der Waals surface area contributed by atoms with Crippen LogP contribution in [-0.2, 0) is 9.59 Å². The lowest BCUT2D eigenvalue weighted by molar-refractivity contribution is -0.135. The first-order valence-electron chi connectivity index (χ1n) is 11.3. The fourth-order valence-corrected chi connectivity index (χ4v) is 4.94. The average Bonchev–Trinajstić information content (AvgIpc) is 3.29. The standard InChI is InChI=1S/C24H25ClN4O5/c25-14-5-7-15(8-6-14)27-24(32)29-18-4-2-1-3-17(18)28-23(31)19(29)12-22(30)26-16-9-10-20-21(11-16)34-13-33-20/h5-11,17-19H,1-4,12-13H2,(H,26,30)(H,27,32)(H,28,31)/t17-,18-,19+/m0/s1. The molecule has 2 aliphatic heterocycles. The number of ether oxygens (including phenoxy) is 2. The van der Waals surface area contributed by atoms with E-state index in [9.17, 15) is 14.4 Å². The van der Waals surface area contributed by atoms with Gasteiger partial charge in [-0.15, -0.1) is 0 Å². The van der Waals surface area contributed by atoms with Gasteiger partial charge >= 0.3 is 6.03 Å². The molecule has 3 atom stereocenters. The number of piperazine rings is 1. The Bertz CT molecular complexity index is 1110. The van der Waals surface area contributed by atoms with Crippen molar-refractivity contribution in [2.24, 2.45) is 0 Å². The highest BCUT2D eigenvalue weighted by Crippen LogP contribution is 2.35. The Kier molecular flexibility index (Phi) is 6.19. The van der Waals surface area contributed by atoms with E-state index in [4.69, 9.17) is 21.1 Å². The monoisotopic (exact) mass is 484 g/mol. The summed E-state index contributed by atoms with van der Waals surface area (Å²) in [6.45, 7) is 0.134. The summed E-state index contributed by atoms with van der Waals surface area (Å²) in [6, 6.07) is 10.2. The maximum Gasteiger partial charge on any atom is 0.322 e. The predicted octanol–water partition coefficient (Wildman–Crippen LogP) is 3.74. The third kappa shape index (κ3) is 4.61. The van der Waals surface area contributed by atoms with Crippen LogP contribution < -0.4 is 25.4 Å². The third-order valence-corrected chi connectivity index (χ3v) is 6.67. The van der Waals surface area contributed by atoms with Crippen LogP contribution >= 0.6 is 11.6 Å². The highest BCUT2D eigenvalue weighted by molar-refractivity contribution is 6.30. The number of carbonyl (C=O) groups excluding carboxylic acids is 3. The van der Waals surface area contributed by atoms with Crippen LogP contribution in [0.4, 0.5) is 16.2 Å². The lowest BCUT2D eigenvalue weighted by Crippen LogP contribution is -2.68.